The van der Waals surface area contributed by atoms with Gasteiger partial charge in [0.05, 0.1) is 12.1 Å². The molecule has 128 valence electrons. The molecule has 0 spiro atoms. The number of halogens is 3. The van der Waals surface area contributed by atoms with Crippen molar-refractivity contribution in [1.29, 1.82) is 0 Å². The number of hydrogen-bond acceptors (Lipinski definition) is 4. The van der Waals surface area contributed by atoms with Crippen LogP contribution in [0.1, 0.15) is 43.0 Å². The van der Waals surface area contributed by atoms with E-state index in [-0.39, 0.29) is 30.3 Å². The van der Waals surface area contributed by atoms with Crippen LogP contribution in [0, 0.1) is 12.8 Å². The number of aryl methyl sites for hydroxylation is 2. The van der Waals surface area contributed by atoms with Crippen molar-refractivity contribution in [3.63, 3.8) is 0 Å². The van der Waals surface area contributed by atoms with E-state index in [1.165, 1.54) is 6.92 Å². The Bertz CT molecular complexity index is 615. The highest BCUT2D eigenvalue weighted by molar-refractivity contribution is 5.80. The van der Waals surface area contributed by atoms with E-state index in [4.69, 9.17) is 0 Å². The predicted octanol–water partition coefficient (Wildman–Crippen LogP) is 1.80. The molecule has 5 nitrogen and oxygen atoms in total. The lowest BCUT2D eigenvalue weighted by Gasteiger charge is -2.30. The zero-order valence-electron chi connectivity index (χ0n) is 13.3. The van der Waals surface area contributed by atoms with Crippen LogP contribution in [0.5, 0.6) is 0 Å². The van der Waals surface area contributed by atoms with Gasteiger partial charge in [0.2, 0.25) is 5.91 Å². The lowest BCUT2D eigenvalue weighted by atomic mass is 9.84. The Kier molecular flexibility index (Phi) is 4.66. The number of nitrogens with one attached hydrogen (secondary N) is 1. The third kappa shape index (κ3) is 3.99. The topological polar surface area (TPSA) is 75.1 Å². The van der Waals surface area contributed by atoms with Crippen molar-refractivity contribution in [2.45, 2.75) is 51.7 Å². The van der Waals surface area contributed by atoms with Gasteiger partial charge in [0.1, 0.15) is 5.82 Å². The van der Waals surface area contributed by atoms with Crippen LogP contribution < -0.4 is 5.32 Å². The Morgan fingerprint density at radius 2 is 2.00 bits per heavy atom. The van der Waals surface area contributed by atoms with Crippen LogP contribution in [0.25, 0.3) is 0 Å². The molecule has 0 aliphatic heterocycles. The van der Waals surface area contributed by atoms with Crippen molar-refractivity contribution < 1.29 is 23.1 Å². The molecule has 0 saturated heterocycles. The van der Waals surface area contributed by atoms with Crippen LogP contribution in [-0.4, -0.2) is 33.1 Å². The summed E-state index contributed by atoms with van der Waals surface area (Å²) in [6, 6.07) is 0. The maximum Gasteiger partial charge on any atom is 0.433 e. The Hall–Kier alpha value is -1.70. The Labute approximate surface area is 132 Å². The Morgan fingerprint density at radius 3 is 2.57 bits per heavy atom. The summed E-state index contributed by atoms with van der Waals surface area (Å²) in [6.07, 6.45) is -3.88. The molecule has 2 N–H and O–H groups in total. The number of aromatic nitrogens is 2. The average Bonchev–Trinajstić information content (AvgIpc) is 2.44. The second-order valence-electron chi connectivity index (χ2n) is 6.51. The largest absolute Gasteiger partial charge is 0.433 e. The smallest absolute Gasteiger partial charge is 0.394 e. The fraction of sp³-hybridized carbons (Fsp3) is 0.667. The van der Waals surface area contributed by atoms with Crippen molar-refractivity contribution in [1.82, 2.24) is 15.3 Å². The third-order valence-corrected chi connectivity index (χ3v) is 3.88. The molecule has 1 unspecified atom stereocenters. The lowest BCUT2D eigenvalue weighted by molar-refractivity contribution is -0.142. The van der Waals surface area contributed by atoms with Gasteiger partial charge < -0.3 is 10.4 Å². The normalized spacial score (nSPS) is 18.5. The first-order chi connectivity index (χ1) is 10.5. The number of rotatable bonds is 3. The van der Waals surface area contributed by atoms with Crippen LogP contribution in [0.15, 0.2) is 0 Å². The standard InChI is InChI=1S/C15H20F3N3O2/c1-8-19-11-5-4-9(13(23)21-14(2,3)7-22)6-10(11)12(20-8)15(16,17)18/h9,22H,4-7H2,1-3H3,(H,21,23). The number of fused-ring (bicyclic) bond motifs is 1. The summed E-state index contributed by atoms with van der Waals surface area (Å²) in [5.41, 5.74) is -1.38. The van der Waals surface area contributed by atoms with Gasteiger partial charge in [-0.05, 0) is 40.0 Å². The molecular formula is C15H20F3N3O2. The molecule has 1 aromatic heterocycles. The molecule has 1 aliphatic carbocycles. The van der Waals surface area contributed by atoms with E-state index in [9.17, 15) is 23.1 Å². The average molecular weight is 331 g/mol. The molecule has 0 saturated carbocycles. The van der Waals surface area contributed by atoms with Crippen molar-refractivity contribution in [2.75, 3.05) is 6.61 Å². The minimum atomic E-state index is -4.57. The van der Waals surface area contributed by atoms with Gasteiger partial charge >= 0.3 is 6.18 Å². The van der Waals surface area contributed by atoms with E-state index < -0.39 is 23.3 Å². The minimum Gasteiger partial charge on any atom is -0.394 e. The highest BCUT2D eigenvalue weighted by atomic mass is 19.4. The van der Waals surface area contributed by atoms with Gasteiger partial charge in [-0.2, -0.15) is 13.2 Å². The highest BCUT2D eigenvalue weighted by Crippen LogP contribution is 2.36. The van der Waals surface area contributed by atoms with E-state index in [2.05, 4.69) is 15.3 Å². The zero-order chi connectivity index (χ0) is 17.4. The SMILES string of the molecule is Cc1nc2c(c(C(F)(F)F)n1)CC(C(=O)NC(C)(C)CO)CC2. The van der Waals surface area contributed by atoms with Crippen molar-refractivity contribution >= 4 is 5.91 Å². The van der Waals surface area contributed by atoms with E-state index in [0.717, 1.165) is 0 Å². The summed E-state index contributed by atoms with van der Waals surface area (Å²) in [4.78, 5) is 19.9. The number of aliphatic hydroxyl groups is 1. The van der Waals surface area contributed by atoms with Crippen LogP contribution >= 0.6 is 0 Å². The lowest BCUT2D eigenvalue weighted by Crippen LogP contribution is -2.49. The first-order valence-corrected chi connectivity index (χ1v) is 7.40. The molecule has 0 fully saturated rings. The fourth-order valence-electron chi connectivity index (χ4n) is 2.67. The maximum absolute atomic E-state index is 13.2. The van der Waals surface area contributed by atoms with E-state index in [0.29, 0.717) is 18.5 Å². The van der Waals surface area contributed by atoms with Gasteiger partial charge in [0, 0.05) is 17.2 Å². The van der Waals surface area contributed by atoms with Gasteiger partial charge in [-0.1, -0.05) is 0 Å². The van der Waals surface area contributed by atoms with E-state index >= 15 is 0 Å². The molecule has 1 aliphatic rings. The van der Waals surface area contributed by atoms with Crippen LogP contribution in [0.2, 0.25) is 0 Å². The van der Waals surface area contributed by atoms with Gasteiger partial charge in [0.15, 0.2) is 5.69 Å². The molecule has 1 aromatic rings. The number of amides is 1. The Morgan fingerprint density at radius 1 is 1.35 bits per heavy atom. The van der Waals surface area contributed by atoms with Gasteiger partial charge in [0.25, 0.3) is 0 Å². The molecule has 1 heterocycles. The van der Waals surface area contributed by atoms with Gasteiger partial charge in [-0.15, -0.1) is 0 Å². The molecule has 2 rings (SSSR count). The van der Waals surface area contributed by atoms with Crippen molar-refractivity contribution in [2.24, 2.45) is 5.92 Å². The second-order valence-corrected chi connectivity index (χ2v) is 6.51. The summed E-state index contributed by atoms with van der Waals surface area (Å²) in [5, 5.41) is 11.9. The summed E-state index contributed by atoms with van der Waals surface area (Å²) in [5.74, 6) is -0.857. The van der Waals surface area contributed by atoms with Crippen LogP contribution in [0.3, 0.4) is 0 Å². The third-order valence-electron chi connectivity index (χ3n) is 3.88. The van der Waals surface area contributed by atoms with Crippen LogP contribution in [0.4, 0.5) is 13.2 Å². The van der Waals surface area contributed by atoms with Crippen LogP contribution in [-0.2, 0) is 23.8 Å². The minimum absolute atomic E-state index is 0.0105. The molecular weight excluding hydrogens is 311 g/mol. The maximum atomic E-state index is 13.2. The predicted molar refractivity (Wildman–Crippen MR) is 76.6 cm³/mol. The monoisotopic (exact) mass is 331 g/mol. The quantitative estimate of drug-likeness (QED) is 0.886. The van der Waals surface area contributed by atoms with E-state index in [1.54, 1.807) is 13.8 Å². The molecule has 23 heavy (non-hydrogen) atoms. The molecule has 1 atom stereocenters. The molecule has 0 aromatic carbocycles. The first kappa shape index (κ1) is 17.7. The summed E-state index contributed by atoms with van der Waals surface area (Å²) < 4.78 is 39.6. The van der Waals surface area contributed by atoms with Crippen molar-refractivity contribution in [3.8, 4) is 0 Å². The molecule has 0 radical (unpaired) electrons. The summed E-state index contributed by atoms with van der Waals surface area (Å²) in [7, 11) is 0. The second kappa shape index (κ2) is 6.07. The number of alkyl halides is 3. The molecule has 8 heteroatoms. The van der Waals surface area contributed by atoms with Crippen molar-refractivity contribution in [3.05, 3.63) is 22.8 Å². The summed E-state index contributed by atoms with van der Waals surface area (Å²) in [6.45, 7) is 4.47. The zero-order valence-corrected chi connectivity index (χ0v) is 13.3. The van der Waals surface area contributed by atoms with Gasteiger partial charge in [-0.25, -0.2) is 9.97 Å². The number of hydrogen-bond donors (Lipinski definition) is 2. The fourth-order valence-corrected chi connectivity index (χ4v) is 2.67. The highest BCUT2D eigenvalue weighted by Gasteiger charge is 2.40. The summed E-state index contributed by atoms with van der Waals surface area (Å²) >= 11 is 0. The first-order valence-electron chi connectivity index (χ1n) is 7.40. The number of aliphatic hydroxyl groups excluding tert-OH is 1. The molecule has 0 bridgehead atoms. The molecule has 1 amide bonds. The van der Waals surface area contributed by atoms with E-state index in [1.807, 2.05) is 0 Å². The number of carbonyl (C=O) groups excluding carboxylic acids is 1. The Balaban J connectivity index is 2.28. The number of carbonyl (C=O) groups is 1. The number of nitrogens with zero attached hydrogens (tertiary/aromatic N) is 2. The van der Waals surface area contributed by atoms with Gasteiger partial charge in [-0.3, -0.25) is 4.79 Å².